The molecule has 1 aliphatic rings. The maximum atomic E-state index is 11.8. The van der Waals surface area contributed by atoms with Crippen LogP contribution in [0.1, 0.15) is 48.0 Å². The molecule has 0 radical (unpaired) electrons. The number of likely N-dealkylation sites (tertiary alicyclic amines) is 1. The second-order valence-electron chi connectivity index (χ2n) is 9.55. The van der Waals surface area contributed by atoms with E-state index in [9.17, 15) is 15.0 Å². The minimum Gasteiger partial charge on any atom is -0.465 e. The van der Waals surface area contributed by atoms with Gasteiger partial charge < -0.3 is 14.6 Å². The molecule has 1 unspecified atom stereocenters. The Bertz CT molecular complexity index is 492. The molecule has 24 heavy (non-hydrogen) atoms. The van der Waals surface area contributed by atoms with Crippen molar-refractivity contribution in [2.24, 2.45) is 5.41 Å². The fourth-order valence-corrected chi connectivity index (χ4v) is 4.78. The van der Waals surface area contributed by atoms with Crippen molar-refractivity contribution in [3.05, 3.63) is 12.7 Å². The third-order valence-corrected chi connectivity index (χ3v) is 9.97. The minimum atomic E-state index is -2.15. The van der Waals surface area contributed by atoms with E-state index in [1.54, 1.807) is 6.08 Å². The standard InChI is InChI=1S/C18H35NO4Si/c1-10-11-18(22)13(23-24(8,9)17(5,6)7)12-19(15(20)21)14(18)16(2,3)4/h10,13-14,22H,1,11-12H2,2-9H3,(H,20,21)/t13-,14?,18-/m0/s1. The molecule has 0 saturated carbocycles. The zero-order chi connectivity index (χ0) is 19.1. The normalized spacial score (nSPS) is 29.0. The second-order valence-corrected chi connectivity index (χ2v) is 14.3. The van der Waals surface area contributed by atoms with Crippen molar-refractivity contribution in [2.75, 3.05) is 6.54 Å². The molecular formula is C18H35NO4Si. The van der Waals surface area contributed by atoms with Crippen molar-refractivity contribution in [2.45, 2.75) is 83.8 Å². The van der Waals surface area contributed by atoms with Crippen LogP contribution in [0.5, 0.6) is 0 Å². The smallest absolute Gasteiger partial charge is 0.407 e. The summed E-state index contributed by atoms with van der Waals surface area (Å²) < 4.78 is 6.47. The van der Waals surface area contributed by atoms with E-state index in [0.29, 0.717) is 6.42 Å². The number of hydrogen-bond donors (Lipinski definition) is 2. The topological polar surface area (TPSA) is 70.0 Å². The number of rotatable bonds is 4. The van der Waals surface area contributed by atoms with Crippen LogP contribution in [-0.2, 0) is 4.43 Å². The molecule has 3 atom stereocenters. The first-order valence-corrected chi connectivity index (χ1v) is 11.5. The Balaban J connectivity index is 3.34. The molecule has 1 saturated heterocycles. The third-order valence-electron chi connectivity index (χ3n) is 5.49. The monoisotopic (exact) mass is 357 g/mol. The molecule has 6 heteroatoms. The highest BCUT2D eigenvalue weighted by Crippen LogP contribution is 2.46. The van der Waals surface area contributed by atoms with Crippen LogP contribution in [0.4, 0.5) is 4.79 Å². The van der Waals surface area contributed by atoms with Crippen molar-refractivity contribution in [1.82, 2.24) is 4.90 Å². The molecule has 1 heterocycles. The van der Waals surface area contributed by atoms with Gasteiger partial charge in [0.25, 0.3) is 0 Å². The largest absolute Gasteiger partial charge is 0.465 e. The average molecular weight is 358 g/mol. The molecule has 1 fully saturated rings. The van der Waals surface area contributed by atoms with E-state index in [1.807, 2.05) is 20.8 Å². The van der Waals surface area contributed by atoms with E-state index < -0.39 is 37.6 Å². The van der Waals surface area contributed by atoms with Crippen LogP contribution in [0.25, 0.3) is 0 Å². The summed E-state index contributed by atoms with van der Waals surface area (Å²) in [5.41, 5.74) is -1.68. The Morgan fingerprint density at radius 3 is 2.17 bits per heavy atom. The van der Waals surface area contributed by atoms with Gasteiger partial charge in [0.05, 0.1) is 18.7 Å². The zero-order valence-electron chi connectivity index (χ0n) is 16.5. The molecule has 1 amide bonds. The van der Waals surface area contributed by atoms with Gasteiger partial charge in [-0.3, -0.25) is 4.90 Å². The predicted octanol–water partition coefficient (Wildman–Crippen LogP) is 4.09. The highest BCUT2D eigenvalue weighted by atomic mass is 28.4. The third kappa shape index (κ3) is 3.86. The van der Waals surface area contributed by atoms with Gasteiger partial charge in [0.2, 0.25) is 0 Å². The van der Waals surface area contributed by atoms with Gasteiger partial charge >= 0.3 is 6.09 Å². The van der Waals surface area contributed by atoms with Gasteiger partial charge in [-0.1, -0.05) is 47.6 Å². The summed E-state index contributed by atoms with van der Waals surface area (Å²) in [7, 11) is -2.15. The fourth-order valence-electron chi connectivity index (χ4n) is 3.44. The lowest BCUT2D eigenvalue weighted by molar-refractivity contribution is -0.0816. The number of hydrogen-bond acceptors (Lipinski definition) is 3. The Labute approximate surface area is 147 Å². The minimum absolute atomic E-state index is 0.0179. The average Bonchev–Trinajstić information content (AvgIpc) is 2.61. The number of amides is 1. The van der Waals surface area contributed by atoms with Gasteiger partial charge in [-0.25, -0.2) is 4.79 Å². The number of nitrogens with zero attached hydrogens (tertiary/aromatic N) is 1. The SMILES string of the molecule is C=CC[C@@]1(O)C(C(C)(C)C)N(C(=O)O)C[C@@H]1O[Si](C)(C)C(C)(C)C. The van der Waals surface area contributed by atoms with Gasteiger partial charge in [-0.15, -0.1) is 6.58 Å². The molecule has 1 rings (SSSR count). The lowest BCUT2D eigenvalue weighted by Crippen LogP contribution is -2.58. The van der Waals surface area contributed by atoms with Crippen LogP contribution in [0.15, 0.2) is 12.7 Å². The van der Waals surface area contributed by atoms with Crippen LogP contribution in [0.3, 0.4) is 0 Å². The second kappa shape index (κ2) is 6.46. The summed E-state index contributed by atoms with van der Waals surface area (Å²) in [5, 5.41) is 21.2. The molecule has 140 valence electrons. The summed E-state index contributed by atoms with van der Waals surface area (Å²) in [4.78, 5) is 13.2. The van der Waals surface area contributed by atoms with Crippen molar-refractivity contribution < 1.29 is 19.4 Å². The van der Waals surface area contributed by atoms with Crippen molar-refractivity contribution >= 4 is 14.4 Å². The van der Waals surface area contributed by atoms with Crippen molar-refractivity contribution in [3.63, 3.8) is 0 Å². The van der Waals surface area contributed by atoms with E-state index in [0.717, 1.165) is 0 Å². The highest BCUT2D eigenvalue weighted by Gasteiger charge is 2.60. The summed E-state index contributed by atoms with van der Waals surface area (Å²) in [5.74, 6) is 0. The Hall–Kier alpha value is -0.853. The van der Waals surface area contributed by atoms with Crippen LogP contribution >= 0.6 is 0 Å². The molecule has 0 aliphatic carbocycles. The van der Waals surface area contributed by atoms with E-state index in [1.165, 1.54) is 4.90 Å². The first-order chi connectivity index (χ1) is 10.6. The summed E-state index contributed by atoms with van der Waals surface area (Å²) >= 11 is 0. The van der Waals surface area contributed by atoms with Crippen LogP contribution in [0.2, 0.25) is 18.1 Å². The Morgan fingerprint density at radius 1 is 1.33 bits per heavy atom. The highest BCUT2D eigenvalue weighted by molar-refractivity contribution is 6.74. The van der Waals surface area contributed by atoms with Crippen molar-refractivity contribution in [1.29, 1.82) is 0 Å². The molecule has 0 bridgehead atoms. The quantitative estimate of drug-likeness (QED) is 0.587. The van der Waals surface area contributed by atoms with Crippen LogP contribution in [-0.4, -0.2) is 53.8 Å². The van der Waals surface area contributed by atoms with Gasteiger partial charge in [0.1, 0.15) is 5.60 Å². The van der Waals surface area contributed by atoms with Gasteiger partial charge in [-0.05, 0) is 30.0 Å². The molecule has 2 N–H and O–H groups in total. The molecule has 0 spiro atoms. The molecule has 0 aromatic carbocycles. The Kier molecular flexibility index (Phi) is 5.71. The molecule has 0 aromatic heterocycles. The van der Waals surface area contributed by atoms with Gasteiger partial charge in [0, 0.05) is 0 Å². The Morgan fingerprint density at radius 2 is 1.83 bits per heavy atom. The summed E-state index contributed by atoms with van der Waals surface area (Å²) in [6, 6.07) is -0.546. The first-order valence-electron chi connectivity index (χ1n) is 8.58. The lowest BCUT2D eigenvalue weighted by atomic mass is 9.74. The number of carboxylic acid groups (broad SMARTS) is 1. The maximum Gasteiger partial charge on any atom is 0.407 e. The maximum absolute atomic E-state index is 11.8. The first kappa shape index (κ1) is 21.2. The lowest BCUT2D eigenvalue weighted by Gasteiger charge is -2.45. The molecule has 5 nitrogen and oxygen atoms in total. The number of aliphatic hydroxyl groups is 1. The predicted molar refractivity (Wildman–Crippen MR) is 99.8 cm³/mol. The summed E-state index contributed by atoms with van der Waals surface area (Å²) in [6.45, 7) is 20.5. The van der Waals surface area contributed by atoms with Crippen LogP contribution in [0, 0.1) is 5.41 Å². The van der Waals surface area contributed by atoms with E-state index in [2.05, 4.69) is 40.4 Å². The van der Waals surface area contributed by atoms with E-state index in [4.69, 9.17) is 4.43 Å². The molecule has 0 aromatic rings. The van der Waals surface area contributed by atoms with Gasteiger partial charge in [0.15, 0.2) is 8.32 Å². The summed E-state index contributed by atoms with van der Waals surface area (Å²) in [6.07, 6.45) is 0.403. The van der Waals surface area contributed by atoms with E-state index in [-0.39, 0.29) is 11.6 Å². The van der Waals surface area contributed by atoms with E-state index >= 15 is 0 Å². The molecular weight excluding hydrogens is 322 g/mol. The van der Waals surface area contributed by atoms with Crippen molar-refractivity contribution in [3.8, 4) is 0 Å². The molecule has 1 aliphatic heterocycles. The number of carbonyl (C=O) groups is 1. The van der Waals surface area contributed by atoms with Crippen LogP contribution < -0.4 is 0 Å². The van der Waals surface area contributed by atoms with Gasteiger partial charge in [-0.2, -0.15) is 0 Å². The fraction of sp³-hybridized carbons (Fsp3) is 0.833. The zero-order valence-corrected chi connectivity index (χ0v) is 17.5.